The Morgan fingerprint density at radius 3 is 2.24 bits per heavy atom. The predicted molar refractivity (Wildman–Crippen MR) is 64.9 cm³/mol. The molecule has 0 aromatic heterocycles. The molecule has 1 aliphatic rings. The van der Waals surface area contributed by atoms with Gasteiger partial charge in [-0.3, -0.25) is 4.79 Å². The minimum Gasteiger partial charge on any atom is -0.481 e. The Bertz CT molecular complexity index is 316. The van der Waals surface area contributed by atoms with E-state index in [9.17, 15) is 9.59 Å². The SMILES string of the molecule is CC1(NC(=O)N(CCC(=O)O)C(C)(C)C)CC1. The molecule has 5 nitrogen and oxygen atoms in total. The number of hydrogen-bond donors (Lipinski definition) is 2. The molecule has 0 aromatic carbocycles. The molecule has 0 unspecified atom stereocenters. The maximum absolute atomic E-state index is 12.1. The number of carbonyl (C=O) groups excluding carboxylic acids is 1. The Morgan fingerprint density at radius 2 is 1.88 bits per heavy atom. The van der Waals surface area contributed by atoms with Crippen molar-refractivity contribution < 1.29 is 14.7 Å². The van der Waals surface area contributed by atoms with Crippen molar-refractivity contribution in [3.05, 3.63) is 0 Å². The Labute approximate surface area is 102 Å². The molecule has 0 aromatic rings. The largest absolute Gasteiger partial charge is 0.481 e. The summed E-state index contributed by atoms with van der Waals surface area (Å²) in [6.45, 7) is 7.96. The lowest BCUT2D eigenvalue weighted by Gasteiger charge is -2.36. The fourth-order valence-corrected chi connectivity index (χ4v) is 1.59. The molecule has 98 valence electrons. The lowest BCUT2D eigenvalue weighted by Crippen LogP contribution is -2.53. The molecule has 0 heterocycles. The third-order valence-electron chi connectivity index (χ3n) is 3.01. The van der Waals surface area contributed by atoms with Gasteiger partial charge >= 0.3 is 12.0 Å². The van der Waals surface area contributed by atoms with Crippen molar-refractivity contribution in [2.45, 2.75) is 58.0 Å². The minimum atomic E-state index is -0.885. The van der Waals surface area contributed by atoms with Crippen LogP contribution in [-0.2, 0) is 4.79 Å². The number of nitrogens with zero attached hydrogens (tertiary/aromatic N) is 1. The van der Waals surface area contributed by atoms with Crippen LogP contribution in [0.3, 0.4) is 0 Å². The first-order valence-electron chi connectivity index (χ1n) is 5.96. The smallest absolute Gasteiger partial charge is 0.318 e. The number of carboxylic acid groups (broad SMARTS) is 1. The van der Waals surface area contributed by atoms with Crippen LogP contribution in [0.2, 0.25) is 0 Å². The maximum Gasteiger partial charge on any atom is 0.318 e. The van der Waals surface area contributed by atoms with Gasteiger partial charge in [0.1, 0.15) is 0 Å². The van der Waals surface area contributed by atoms with Crippen LogP contribution < -0.4 is 5.32 Å². The molecule has 17 heavy (non-hydrogen) atoms. The zero-order chi connectivity index (χ0) is 13.3. The highest BCUT2D eigenvalue weighted by Crippen LogP contribution is 2.34. The molecule has 2 amide bonds. The van der Waals surface area contributed by atoms with E-state index in [2.05, 4.69) is 5.32 Å². The molecular formula is C12H22N2O3. The average Bonchev–Trinajstić information content (AvgIpc) is 2.79. The van der Waals surface area contributed by atoms with Crippen LogP contribution in [0.1, 0.15) is 47.0 Å². The van der Waals surface area contributed by atoms with Crippen LogP contribution in [0.4, 0.5) is 4.79 Å². The summed E-state index contributed by atoms with van der Waals surface area (Å²) in [5.74, 6) is -0.885. The van der Waals surface area contributed by atoms with Crippen LogP contribution in [0.5, 0.6) is 0 Å². The summed E-state index contributed by atoms with van der Waals surface area (Å²) in [7, 11) is 0. The second kappa shape index (κ2) is 4.55. The molecule has 0 aliphatic heterocycles. The summed E-state index contributed by atoms with van der Waals surface area (Å²) < 4.78 is 0. The molecule has 0 bridgehead atoms. The number of amides is 2. The molecule has 2 N–H and O–H groups in total. The second-order valence-electron chi connectivity index (χ2n) is 5.96. The van der Waals surface area contributed by atoms with Crippen LogP contribution in [0.25, 0.3) is 0 Å². The summed E-state index contributed by atoms with van der Waals surface area (Å²) in [4.78, 5) is 24.3. The summed E-state index contributed by atoms with van der Waals surface area (Å²) in [5, 5.41) is 11.7. The number of urea groups is 1. The minimum absolute atomic E-state index is 0.0264. The van der Waals surface area contributed by atoms with Crippen LogP contribution >= 0.6 is 0 Å². The van der Waals surface area contributed by atoms with Gasteiger partial charge in [-0.1, -0.05) is 0 Å². The highest BCUT2D eigenvalue weighted by atomic mass is 16.4. The number of carbonyl (C=O) groups is 2. The van der Waals surface area contributed by atoms with Gasteiger partial charge in [0.15, 0.2) is 0 Å². The summed E-state index contributed by atoms with van der Waals surface area (Å²) in [6, 6.07) is -0.168. The maximum atomic E-state index is 12.1. The second-order valence-corrected chi connectivity index (χ2v) is 5.96. The summed E-state index contributed by atoms with van der Waals surface area (Å²) in [6.07, 6.45) is 1.96. The Hall–Kier alpha value is -1.26. The molecule has 1 saturated carbocycles. The molecule has 1 fully saturated rings. The van der Waals surface area contributed by atoms with Crippen molar-refractivity contribution in [1.82, 2.24) is 10.2 Å². The van der Waals surface area contributed by atoms with Gasteiger partial charge in [0, 0.05) is 17.6 Å². The van der Waals surface area contributed by atoms with Crippen molar-refractivity contribution in [3.63, 3.8) is 0 Å². The van der Waals surface area contributed by atoms with Crippen molar-refractivity contribution in [2.24, 2.45) is 0 Å². The van der Waals surface area contributed by atoms with E-state index in [1.165, 1.54) is 0 Å². The van der Waals surface area contributed by atoms with E-state index >= 15 is 0 Å². The highest BCUT2D eigenvalue weighted by molar-refractivity contribution is 5.77. The monoisotopic (exact) mass is 242 g/mol. The molecule has 5 heteroatoms. The lowest BCUT2D eigenvalue weighted by atomic mass is 10.1. The fourth-order valence-electron chi connectivity index (χ4n) is 1.59. The van der Waals surface area contributed by atoms with Crippen molar-refractivity contribution in [3.8, 4) is 0 Å². The van der Waals surface area contributed by atoms with E-state index in [1.54, 1.807) is 4.90 Å². The van der Waals surface area contributed by atoms with Gasteiger partial charge in [-0.2, -0.15) is 0 Å². The van der Waals surface area contributed by atoms with E-state index in [-0.39, 0.29) is 30.1 Å². The Balaban J connectivity index is 2.61. The zero-order valence-corrected chi connectivity index (χ0v) is 11.0. The zero-order valence-electron chi connectivity index (χ0n) is 11.0. The van der Waals surface area contributed by atoms with E-state index in [1.807, 2.05) is 27.7 Å². The molecule has 0 radical (unpaired) electrons. The first-order chi connectivity index (χ1) is 7.64. The quantitative estimate of drug-likeness (QED) is 0.790. The van der Waals surface area contributed by atoms with E-state index in [4.69, 9.17) is 5.11 Å². The van der Waals surface area contributed by atoms with Gasteiger partial charge in [0.25, 0.3) is 0 Å². The van der Waals surface area contributed by atoms with E-state index in [0.717, 1.165) is 12.8 Å². The average molecular weight is 242 g/mol. The molecule has 1 rings (SSSR count). The normalized spacial score (nSPS) is 17.4. The standard InChI is InChI=1S/C12H22N2O3/c1-11(2,3)14(8-5-9(15)16)10(17)13-12(4)6-7-12/h5-8H2,1-4H3,(H,13,17)(H,15,16). The summed E-state index contributed by atoms with van der Waals surface area (Å²) >= 11 is 0. The van der Waals surface area contributed by atoms with Crippen LogP contribution in [0.15, 0.2) is 0 Å². The molecule has 0 atom stereocenters. The van der Waals surface area contributed by atoms with E-state index < -0.39 is 5.97 Å². The van der Waals surface area contributed by atoms with Gasteiger partial charge in [-0.15, -0.1) is 0 Å². The van der Waals surface area contributed by atoms with Gasteiger partial charge in [0.2, 0.25) is 0 Å². The van der Waals surface area contributed by atoms with E-state index in [0.29, 0.717) is 0 Å². The fraction of sp³-hybridized carbons (Fsp3) is 0.833. The summed E-state index contributed by atoms with van der Waals surface area (Å²) in [5.41, 5.74) is -0.450. The van der Waals surface area contributed by atoms with Crippen LogP contribution in [-0.4, -0.2) is 39.6 Å². The van der Waals surface area contributed by atoms with Gasteiger partial charge in [0.05, 0.1) is 6.42 Å². The van der Waals surface area contributed by atoms with Gasteiger partial charge in [-0.25, -0.2) is 4.79 Å². The topological polar surface area (TPSA) is 69.6 Å². The highest BCUT2D eigenvalue weighted by Gasteiger charge is 2.41. The molecule has 1 aliphatic carbocycles. The first kappa shape index (κ1) is 13.8. The first-order valence-corrected chi connectivity index (χ1v) is 5.96. The molecule has 0 saturated heterocycles. The van der Waals surface area contributed by atoms with Gasteiger partial charge < -0.3 is 15.3 Å². The third kappa shape index (κ3) is 4.24. The van der Waals surface area contributed by atoms with Crippen molar-refractivity contribution >= 4 is 12.0 Å². The predicted octanol–water partition coefficient (Wildman–Crippen LogP) is 1.82. The lowest BCUT2D eigenvalue weighted by molar-refractivity contribution is -0.137. The number of carboxylic acids is 1. The number of nitrogens with one attached hydrogen (secondary N) is 1. The number of rotatable bonds is 4. The van der Waals surface area contributed by atoms with Crippen molar-refractivity contribution in [2.75, 3.05) is 6.54 Å². The van der Waals surface area contributed by atoms with Gasteiger partial charge in [-0.05, 0) is 40.5 Å². The Kier molecular flexibility index (Phi) is 3.69. The van der Waals surface area contributed by atoms with Crippen LogP contribution in [0, 0.1) is 0 Å². The number of hydrogen-bond acceptors (Lipinski definition) is 2. The molecular weight excluding hydrogens is 220 g/mol. The molecule has 0 spiro atoms. The van der Waals surface area contributed by atoms with Crippen molar-refractivity contribution in [1.29, 1.82) is 0 Å². The number of aliphatic carboxylic acids is 1. The third-order valence-corrected chi connectivity index (χ3v) is 3.01. The Morgan fingerprint density at radius 1 is 1.35 bits per heavy atom.